The van der Waals surface area contributed by atoms with Crippen molar-refractivity contribution >= 4 is 34.2 Å². The van der Waals surface area contributed by atoms with Crippen LogP contribution in [-0.4, -0.2) is 50.2 Å². The lowest BCUT2D eigenvalue weighted by molar-refractivity contribution is -0.384. The zero-order chi connectivity index (χ0) is 20.8. The number of pyridine rings is 1. The third-order valence-corrected chi connectivity index (χ3v) is 5.40. The van der Waals surface area contributed by atoms with Crippen molar-refractivity contribution in [2.75, 3.05) is 24.7 Å². The molecule has 0 radical (unpaired) electrons. The van der Waals surface area contributed by atoms with Crippen LogP contribution < -0.4 is 5.32 Å². The summed E-state index contributed by atoms with van der Waals surface area (Å²) in [7, 11) is 0. The van der Waals surface area contributed by atoms with Crippen LogP contribution in [0.25, 0.3) is 4.91 Å². The number of aromatic nitrogens is 3. The number of hydrogen-bond acceptors (Lipinski definition) is 7. The fraction of sp³-hybridized carbons (Fsp3) is 0.368. The smallest absolute Gasteiger partial charge is 0.323 e. The summed E-state index contributed by atoms with van der Waals surface area (Å²) < 4.78 is 0. The number of nitrogens with one attached hydrogen (secondary N) is 1. The first kappa shape index (κ1) is 20.7. The molecule has 152 valence electrons. The maximum absolute atomic E-state index is 12.7. The Bertz CT molecular complexity index is 921. The Balaban J connectivity index is 1.78. The summed E-state index contributed by atoms with van der Waals surface area (Å²) in [4.78, 5) is 39.0. The van der Waals surface area contributed by atoms with Crippen LogP contribution in [0, 0.1) is 10.1 Å². The van der Waals surface area contributed by atoms with Crippen LogP contribution in [-0.2, 0) is 0 Å². The first-order valence-corrected chi connectivity index (χ1v) is 10.5. The Morgan fingerprint density at radius 1 is 1.41 bits per heavy atom. The molecule has 10 heteroatoms. The molecule has 1 aliphatic rings. The first-order valence-electron chi connectivity index (χ1n) is 9.26. The van der Waals surface area contributed by atoms with Crippen LogP contribution in [0.3, 0.4) is 0 Å². The molecule has 3 heterocycles. The van der Waals surface area contributed by atoms with Gasteiger partial charge in [-0.2, -0.15) is 0 Å². The van der Waals surface area contributed by atoms with Crippen LogP contribution in [0.2, 0.25) is 0 Å². The number of hydrogen-bond donors (Lipinski definition) is 1. The fourth-order valence-electron chi connectivity index (χ4n) is 3.16. The second kappa shape index (κ2) is 9.46. The molecule has 1 unspecified atom stereocenters. The fourth-order valence-corrected chi connectivity index (χ4v) is 3.82. The number of urea groups is 1. The van der Waals surface area contributed by atoms with Crippen molar-refractivity contribution in [3.8, 4) is 0 Å². The van der Waals surface area contributed by atoms with Gasteiger partial charge >= 0.3 is 11.7 Å². The van der Waals surface area contributed by atoms with E-state index in [1.807, 2.05) is 19.3 Å². The molecule has 29 heavy (non-hydrogen) atoms. The second-order valence-corrected chi connectivity index (χ2v) is 7.32. The number of likely N-dealkylation sites (tertiary alicyclic amines) is 1. The van der Waals surface area contributed by atoms with Gasteiger partial charge in [0.15, 0.2) is 0 Å². The second-order valence-electron chi connectivity index (χ2n) is 6.47. The summed E-state index contributed by atoms with van der Waals surface area (Å²) in [6.45, 7) is 2.98. The third-order valence-electron chi connectivity index (χ3n) is 4.58. The molecule has 2 aromatic heterocycles. The average molecular weight is 414 g/mol. The van der Waals surface area contributed by atoms with Gasteiger partial charge in [-0.15, -0.1) is 11.8 Å². The van der Waals surface area contributed by atoms with E-state index in [1.165, 1.54) is 17.8 Å². The molecule has 0 bridgehead atoms. The number of amides is 2. The zero-order valence-corrected chi connectivity index (χ0v) is 17.1. The van der Waals surface area contributed by atoms with Gasteiger partial charge in [0.05, 0.1) is 10.6 Å². The lowest BCUT2D eigenvalue weighted by Gasteiger charge is -2.17. The largest absolute Gasteiger partial charge is 0.324 e. The molecule has 1 saturated heterocycles. The topological polar surface area (TPSA) is 114 Å². The van der Waals surface area contributed by atoms with Crippen LogP contribution in [0.15, 0.2) is 36.7 Å². The van der Waals surface area contributed by atoms with Crippen molar-refractivity contribution in [1.82, 2.24) is 19.9 Å². The summed E-state index contributed by atoms with van der Waals surface area (Å²) in [6.07, 6.45) is 8.82. The lowest BCUT2D eigenvalue weighted by Crippen LogP contribution is -2.33. The van der Waals surface area contributed by atoms with Crippen LogP contribution >= 0.6 is 11.8 Å². The van der Waals surface area contributed by atoms with E-state index in [-0.39, 0.29) is 17.4 Å². The molecule has 0 spiro atoms. The minimum atomic E-state index is -0.542. The van der Waals surface area contributed by atoms with Gasteiger partial charge in [-0.3, -0.25) is 15.4 Å². The quantitative estimate of drug-likeness (QED) is 0.563. The van der Waals surface area contributed by atoms with Crippen molar-refractivity contribution in [3.05, 3.63) is 58.3 Å². The van der Waals surface area contributed by atoms with Crippen LogP contribution in [0.5, 0.6) is 0 Å². The molecule has 3 rings (SSSR count). The monoisotopic (exact) mass is 414 g/mol. The number of anilines is 1. The summed E-state index contributed by atoms with van der Waals surface area (Å²) >= 11 is 1.50. The Kier molecular flexibility index (Phi) is 6.76. The molecule has 0 aromatic carbocycles. The highest BCUT2D eigenvalue weighted by Crippen LogP contribution is 2.30. The maximum atomic E-state index is 12.7. The Labute approximate surface area is 172 Å². The first-order chi connectivity index (χ1) is 14.0. The Morgan fingerprint density at radius 2 is 2.17 bits per heavy atom. The highest BCUT2D eigenvalue weighted by Gasteiger charge is 2.30. The van der Waals surface area contributed by atoms with Crippen molar-refractivity contribution < 1.29 is 9.72 Å². The zero-order valence-electron chi connectivity index (χ0n) is 16.2. The summed E-state index contributed by atoms with van der Waals surface area (Å²) in [5.74, 6) is 0.697. The molecule has 1 fully saturated rings. The molecule has 0 saturated carbocycles. The molecule has 9 nitrogen and oxygen atoms in total. The average Bonchev–Trinajstić information content (AvgIpc) is 3.23. The number of rotatable bonds is 6. The molecular formula is C19H22N6O3S. The van der Waals surface area contributed by atoms with E-state index in [0.717, 1.165) is 17.7 Å². The van der Waals surface area contributed by atoms with Crippen LogP contribution in [0.1, 0.15) is 37.2 Å². The van der Waals surface area contributed by atoms with Gasteiger partial charge < -0.3 is 4.90 Å². The predicted molar refractivity (Wildman–Crippen MR) is 113 cm³/mol. The summed E-state index contributed by atoms with van der Waals surface area (Å²) in [5.41, 5.74) is 0.360. The molecule has 2 aromatic rings. The number of nitro groups is 1. The normalized spacial score (nSPS) is 16.7. The van der Waals surface area contributed by atoms with E-state index < -0.39 is 11.0 Å². The van der Waals surface area contributed by atoms with E-state index in [2.05, 4.69) is 20.3 Å². The predicted octanol–water partition coefficient (Wildman–Crippen LogP) is 3.92. The number of carbonyl (C=O) groups excluding carboxylic acids is 1. The van der Waals surface area contributed by atoms with Crippen molar-refractivity contribution in [1.29, 1.82) is 0 Å². The molecule has 0 aliphatic carbocycles. The van der Waals surface area contributed by atoms with Gasteiger partial charge in [-0.05, 0) is 31.2 Å². The molecule has 1 N–H and O–H groups in total. The van der Waals surface area contributed by atoms with Crippen LogP contribution in [0.4, 0.5) is 16.3 Å². The highest BCUT2D eigenvalue weighted by atomic mass is 32.2. The van der Waals surface area contributed by atoms with Gasteiger partial charge in [-0.25, -0.2) is 19.7 Å². The van der Waals surface area contributed by atoms with E-state index in [4.69, 9.17) is 0 Å². The van der Waals surface area contributed by atoms with Gasteiger partial charge in [-0.1, -0.05) is 13.0 Å². The van der Waals surface area contributed by atoms with E-state index in [0.29, 0.717) is 24.6 Å². The molecule has 1 aliphatic heterocycles. The maximum Gasteiger partial charge on any atom is 0.323 e. The van der Waals surface area contributed by atoms with Crippen molar-refractivity contribution in [3.63, 3.8) is 0 Å². The molecule has 2 amide bonds. The van der Waals surface area contributed by atoms with Gasteiger partial charge in [0, 0.05) is 42.4 Å². The van der Waals surface area contributed by atoms with Gasteiger partial charge in [0.1, 0.15) is 5.82 Å². The standard InChI is InChI=1S/C19H22N6O3S/c1-3-5-16(29-2)14-6-7-15(25(27)28)18(22-14)23-19(26)24-11-8-13(12-24)17-20-9-4-10-21-17/h4-7,9-10,13H,3,8,11-12H2,1-2H3,(H,22,23,26)/b16-5-. The van der Waals surface area contributed by atoms with Gasteiger partial charge in [0.25, 0.3) is 0 Å². The van der Waals surface area contributed by atoms with E-state index in [9.17, 15) is 14.9 Å². The lowest BCUT2D eigenvalue weighted by atomic mass is 10.1. The number of allylic oxidation sites excluding steroid dienone is 1. The number of nitrogens with zero attached hydrogens (tertiary/aromatic N) is 5. The third kappa shape index (κ3) is 4.89. The minimum Gasteiger partial charge on any atom is -0.324 e. The molecular weight excluding hydrogens is 392 g/mol. The number of carbonyl (C=O) groups is 1. The van der Waals surface area contributed by atoms with E-state index in [1.54, 1.807) is 29.4 Å². The van der Waals surface area contributed by atoms with E-state index >= 15 is 0 Å². The molecule has 1 atom stereocenters. The highest BCUT2D eigenvalue weighted by molar-refractivity contribution is 8.07. The minimum absolute atomic E-state index is 0.0480. The summed E-state index contributed by atoms with van der Waals surface area (Å²) in [5, 5.41) is 14.0. The number of thioether (sulfide) groups is 1. The van der Waals surface area contributed by atoms with Crippen molar-refractivity contribution in [2.45, 2.75) is 25.7 Å². The van der Waals surface area contributed by atoms with Crippen molar-refractivity contribution in [2.24, 2.45) is 0 Å². The Morgan fingerprint density at radius 3 is 2.83 bits per heavy atom. The SMILES string of the molecule is CC/C=C(\SC)c1ccc([N+](=O)[O-])c(NC(=O)N2CCC(c3ncccn3)C2)n1. The Hall–Kier alpha value is -3.01. The summed E-state index contributed by atoms with van der Waals surface area (Å²) in [6, 6.07) is 4.31. The van der Waals surface area contributed by atoms with Gasteiger partial charge in [0.2, 0.25) is 5.82 Å².